The summed E-state index contributed by atoms with van der Waals surface area (Å²) in [6.07, 6.45) is 4.18. The highest BCUT2D eigenvalue weighted by atomic mass is 35.5. The van der Waals surface area contributed by atoms with Crippen molar-refractivity contribution in [3.05, 3.63) is 29.4 Å². The maximum absolute atomic E-state index is 6.01. The van der Waals surface area contributed by atoms with Gasteiger partial charge < -0.3 is 9.64 Å². The van der Waals surface area contributed by atoms with E-state index >= 15 is 0 Å². The summed E-state index contributed by atoms with van der Waals surface area (Å²) in [6.45, 7) is 6.01. The van der Waals surface area contributed by atoms with Crippen LogP contribution in [0, 0.1) is 0 Å². The minimum Gasteiger partial charge on any atom is -0.380 e. The molecule has 0 N–H and O–H groups in total. The van der Waals surface area contributed by atoms with Gasteiger partial charge in [0.25, 0.3) is 0 Å². The maximum Gasteiger partial charge on any atom is 0.147 e. The molecule has 2 aliphatic heterocycles. The minimum absolute atomic E-state index is 0.597. The van der Waals surface area contributed by atoms with Crippen LogP contribution in [-0.4, -0.2) is 60.3 Å². The standard InChI is InChI=1S/C17H21ClN4O/c18-13-2-3-15-16(10-13)19-11-17(20-15)22-6-1-5-21(7-8-22)14-4-9-23-12-14/h2-3,10-11,14H,1,4-9,12H2. The Balaban J connectivity index is 1.50. The zero-order valence-corrected chi connectivity index (χ0v) is 13.9. The largest absolute Gasteiger partial charge is 0.380 e. The van der Waals surface area contributed by atoms with Crippen LogP contribution in [0.4, 0.5) is 5.82 Å². The van der Waals surface area contributed by atoms with Gasteiger partial charge in [-0.25, -0.2) is 4.98 Å². The van der Waals surface area contributed by atoms with E-state index in [4.69, 9.17) is 21.3 Å². The van der Waals surface area contributed by atoms with Crippen molar-refractivity contribution in [2.45, 2.75) is 18.9 Å². The molecular formula is C17H21ClN4O. The van der Waals surface area contributed by atoms with Crippen LogP contribution >= 0.6 is 11.6 Å². The monoisotopic (exact) mass is 332 g/mol. The number of fused-ring (bicyclic) bond motifs is 1. The quantitative estimate of drug-likeness (QED) is 0.845. The number of hydrogen-bond donors (Lipinski definition) is 0. The molecule has 2 aromatic rings. The molecule has 0 aliphatic carbocycles. The predicted octanol–water partition coefficient (Wildman–Crippen LogP) is 2.58. The van der Waals surface area contributed by atoms with E-state index in [1.54, 1.807) is 0 Å². The smallest absolute Gasteiger partial charge is 0.147 e. The summed E-state index contributed by atoms with van der Waals surface area (Å²) in [5.74, 6) is 0.962. The maximum atomic E-state index is 6.01. The average Bonchev–Trinajstić information content (AvgIpc) is 2.99. The first kappa shape index (κ1) is 15.1. The van der Waals surface area contributed by atoms with E-state index in [-0.39, 0.29) is 0 Å². The minimum atomic E-state index is 0.597. The number of aromatic nitrogens is 2. The highest BCUT2D eigenvalue weighted by Crippen LogP contribution is 2.21. The van der Waals surface area contributed by atoms with Gasteiger partial charge in [0.05, 0.1) is 23.8 Å². The highest BCUT2D eigenvalue weighted by Gasteiger charge is 2.25. The third-order valence-electron chi connectivity index (χ3n) is 4.77. The lowest BCUT2D eigenvalue weighted by molar-refractivity contribution is 0.148. The molecule has 2 aliphatic rings. The van der Waals surface area contributed by atoms with Gasteiger partial charge in [-0.2, -0.15) is 0 Å². The van der Waals surface area contributed by atoms with Crippen LogP contribution in [0.5, 0.6) is 0 Å². The van der Waals surface area contributed by atoms with E-state index in [9.17, 15) is 0 Å². The van der Waals surface area contributed by atoms with E-state index in [1.165, 1.54) is 0 Å². The SMILES string of the molecule is Clc1ccc2nc(N3CCCN(C4CCOC4)CC3)cnc2c1. The van der Waals surface area contributed by atoms with Crippen LogP contribution in [0.2, 0.25) is 5.02 Å². The first-order valence-corrected chi connectivity index (χ1v) is 8.66. The molecular weight excluding hydrogens is 312 g/mol. The zero-order chi connectivity index (χ0) is 15.6. The summed E-state index contributed by atoms with van der Waals surface area (Å²) in [5.41, 5.74) is 1.75. The van der Waals surface area contributed by atoms with Crippen molar-refractivity contribution in [1.82, 2.24) is 14.9 Å². The fourth-order valence-corrected chi connectivity index (χ4v) is 3.63. The molecule has 3 heterocycles. The molecule has 1 atom stereocenters. The molecule has 122 valence electrons. The van der Waals surface area contributed by atoms with Crippen LogP contribution in [-0.2, 0) is 4.74 Å². The van der Waals surface area contributed by atoms with Crippen LogP contribution in [0.3, 0.4) is 0 Å². The van der Waals surface area contributed by atoms with Crippen LogP contribution in [0.15, 0.2) is 24.4 Å². The second kappa shape index (κ2) is 6.59. The predicted molar refractivity (Wildman–Crippen MR) is 92.2 cm³/mol. The molecule has 0 bridgehead atoms. The van der Waals surface area contributed by atoms with Crippen molar-refractivity contribution in [3.8, 4) is 0 Å². The fraction of sp³-hybridized carbons (Fsp3) is 0.529. The average molecular weight is 333 g/mol. The number of benzene rings is 1. The van der Waals surface area contributed by atoms with Gasteiger partial charge in [0, 0.05) is 43.9 Å². The lowest BCUT2D eigenvalue weighted by atomic mass is 10.2. The number of hydrogen-bond acceptors (Lipinski definition) is 5. The third kappa shape index (κ3) is 3.27. The van der Waals surface area contributed by atoms with E-state index in [0.717, 1.165) is 69.1 Å². The first-order chi connectivity index (χ1) is 11.3. The Morgan fingerprint density at radius 1 is 1.13 bits per heavy atom. The molecule has 1 aromatic carbocycles. The van der Waals surface area contributed by atoms with E-state index in [0.29, 0.717) is 11.1 Å². The Morgan fingerprint density at radius 3 is 2.96 bits per heavy atom. The Labute approximate surface area is 141 Å². The van der Waals surface area contributed by atoms with E-state index in [2.05, 4.69) is 14.8 Å². The molecule has 0 amide bonds. The van der Waals surface area contributed by atoms with Crippen molar-refractivity contribution in [2.75, 3.05) is 44.3 Å². The molecule has 2 fully saturated rings. The summed E-state index contributed by atoms with van der Waals surface area (Å²) in [4.78, 5) is 14.2. The van der Waals surface area contributed by atoms with Gasteiger partial charge in [-0.15, -0.1) is 0 Å². The first-order valence-electron chi connectivity index (χ1n) is 8.29. The van der Waals surface area contributed by atoms with Gasteiger partial charge in [-0.05, 0) is 31.0 Å². The molecule has 0 radical (unpaired) electrons. The summed E-state index contributed by atoms with van der Waals surface area (Å²) < 4.78 is 5.53. The van der Waals surface area contributed by atoms with Crippen molar-refractivity contribution < 1.29 is 4.74 Å². The molecule has 0 saturated carbocycles. The lowest BCUT2D eigenvalue weighted by Crippen LogP contribution is -2.38. The molecule has 5 nitrogen and oxygen atoms in total. The van der Waals surface area contributed by atoms with Gasteiger partial charge >= 0.3 is 0 Å². The normalized spacial score (nSPS) is 23.3. The van der Waals surface area contributed by atoms with Crippen molar-refractivity contribution in [3.63, 3.8) is 0 Å². The van der Waals surface area contributed by atoms with Gasteiger partial charge in [0.1, 0.15) is 5.82 Å². The van der Waals surface area contributed by atoms with Crippen molar-refractivity contribution in [1.29, 1.82) is 0 Å². The highest BCUT2D eigenvalue weighted by molar-refractivity contribution is 6.31. The van der Waals surface area contributed by atoms with Gasteiger partial charge in [-0.3, -0.25) is 9.88 Å². The zero-order valence-electron chi connectivity index (χ0n) is 13.1. The molecule has 0 spiro atoms. The van der Waals surface area contributed by atoms with Gasteiger partial charge in [0.2, 0.25) is 0 Å². The summed E-state index contributed by atoms with van der Waals surface area (Å²) in [7, 11) is 0. The number of rotatable bonds is 2. The number of halogens is 1. The van der Waals surface area contributed by atoms with Crippen molar-refractivity contribution in [2.24, 2.45) is 0 Å². The van der Waals surface area contributed by atoms with E-state index < -0.39 is 0 Å². The molecule has 1 unspecified atom stereocenters. The molecule has 4 rings (SSSR count). The fourth-order valence-electron chi connectivity index (χ4n) is 3.47. The van der Waals surface area contributed by atoms with Crippen molar-refractivity contribution >= 4 is 28.5 Å². The molecule has 1 aromatic heterocycles. The Kier molecular flexibility index (Phi) is 4.33. The molecule has 23 heavy (non-hydrogen) atoms. The van der Waals surface area contributed by atoms with Crippen LogP contribution in [0.25, 0.3) is 11.0 Å². The summed E-state index contributed by atoms with van der Waals surface area (Å²) >= 11 is 6.01. The van der Waals surface area contributed by atoms with Gasteiger partial charge in [-0.1, -0.05) is 11.6 Å². The number of anilines is 1. The summed E-state index contributed by atoms with van der Waals surface area (Å²) in [5, 5.41) is 0.698. The Bertz CT molecular complexity index is 689. The van der Waals surface area contributed by atoms with Gasteiger partial charge in [0.15, 0.2) is 0 Å². The molecule has 6 heteroatoms. The third-order valence-corrected chi connectivity index (χ3v) is 5.00. The molecule has 2 saturated heterocycles. The number of nitrogens with zero attached hydrogens (tertiary/aromatic N) is 4. The van der Waals surface area contributed by atoms with Crippen LogP contribution < -0.4 is 4.90 Å². The van der Waals surface area contributed by atoms with Crippen LogP contribution in [0.1, 0.15) is 12.8 Å². The second-order valence-electron chi connectivity index (χ2n) is 6.26. The second-order valence-corrected chi connectivity index (χ2v) is 6.69. The summed E-state index contributed by atoms with van der Waals surface area (Å²) in [6, 6.07) is 6.26. The Morgan fingerprint density at radius 2 is 2.09 bits per heavy atom. The lowest BCUT2D eigenvalue weighted by Gasteiger charge is -2.26. The number of ether oxygens (including phenoxy) is 1. The van der Waals surface area contributed by atoms with E-state index in [1.807, 2.05) is 24.4 Å². The topological polar surface area (TPSA) is 41.5 Å². The Hall–Kier alpha value is -1.43.